The molecule has 2 aromatic carbocycles. The van der Waals surface area contributed by atoms with Crippen LogP contribution >= 0.6 is 0 Å². The van der Waals surface area contributed by atoms with Gasteiger partial charge >= 0.3 is 0 Å². The van der Waals surface area contributed by atoms with Crippen LogP contribution in [0, 0.1) is 0 Å². The van der Waals surface area contributed by atoms with Crippen molar-refractivity contribution in [2.45, 2.75) is 17.6 Å². The lowest BCUT2D eigenvalue weighted by Gasteiger charge is -2.35. The molecule has 2 aromatic rings. The minimum Gasteiger partial charge on any atom is -0.307 e. The number of rotatable bonds is 4. The number of fused-ring (bicyclic) bond motifs is 1. The fourth-order valence-corrected chi connectivity index (χ4v) is 3.73. The fraction of sp³-hybridized carbons (Fsp3) is 0.333. The van der Waals surface area contributed by atoms with E-state index in [1.54, 1.807) is 0 Å². The van der Waals surface area contributed by atoms with Crippen LogP contribution in [0.3, 0.4) is 0 Å². The minimum atomic E-state index is -0.213. The quantitative estimate of drug-likeness (QED) is 0.752. The van der Waals surface area contributed by atoms with Gasteiger partial charge in [0.15, 0.2) is 0 Å². The highest BCUT2D eigenvalue weighted by Crippen LogP contribution is 2.48. The topological polar surface area (TPSA) is 36.1 Å². The molecule has 0 saturated carbocycles. The molecule has 3 nitrogen and oxygen atoms in total. The summed E-state index contributed by atoms with van der Waals surface area (Å²) in [5.41, 5.74) is 3.56. The normalized spacial score (nSPS) is 23.0. The lowest BCUT2D eigenvalue weighted by atomic mass is 9.84. The lowest BCUT2D eigenvalue weighted by Crippen LogP contribution is -2.52. The molecule has 1 unspecified atom stereocenters. The maximum atomic E-state index is 3.59. The molecule has 1 aliphatic carbocycles. The van der Waals surface area contributed by atoms with Crippen LogP contribution < -0.4 is 16.0 Å². The second-order valence-corrected chi connectivity index (χ2v) is 5.65. The van der Waals surface area contributed by atoms with Crippen LogP contribution in [-0.2, 0) is 11.2 Å². The smallest absolute Gasteiger partial charge is 0.0973 e. The Morgan fingerprint density at radius 3 is 1.86 bits per heavy atom. The largest absolute Gasteiger partial charge is 0.307 e. The number of hydrogen-bond acceptors (Lipinski definition) is 3. The van der Waals surface area contributed by atoms with Gasteiger partial charge in [-0.1, -0.05) is 54.6 Å². The average molecular weight is 281 g/mol. The number of benzene rings is 2. The Morgan fingerprint density at radius 2 is 1.29 bits per heavy atom. The molecule has 0 bridgehead atoms. The van der Waals surface area contributed by atoms with E-state index in [1.165, 1.54) is 16.7 Å². The molecule has 0 radical (unpaired) electrons. The molecule has 0 spiro atoms. The molecule has 0 aromatic heterocycles. The Hall–Kier alpha value is -1.68. The van der Waals surface area contributed by atoms with Crippen LogP contribution in [0.4, 0.5) is 0 Å². The first-order chi connectivity index (χ1) is 10.2. The van der Waals surface area contributed by atoms with E-state index in [4.69, 9.17) is 0 Å². The zero-order chi connectivity index (χ0) is 14.9. The van der Waals surface area contributed by atoms with Crippen LogP contribution in [0.5, 0.6) is 0 Å². The monoisotopic (exact) mass is 281 g/mol. The van der Waals surface area contributed by atoms with E-state index in [2.05, 4.69) is 70.5 Å². The molecular formula is C18H23N3. The predicted molar refractivity (Wildman–Crippen MR) is 87.1 cm³/mol. The minimum absolute atomic E-state index is 0.177. The van der Waals surface area contributed by atoms with E-state index in [9.17, 15) is 0 Å². The van der Waals surface area contributed by atoms with Crippen molar-refractivity contribution >= 4 is 0 Å². The Bertz CT molecular complexity index is 619. The van der Waals surface area contributed by atoms with Gasteiger partial charge in [0.05, 0.1) is 11.2 Å². The van der Waals surface area contributed by atoms with Crippen molar-refractivity contribution in [1.82, 2.24) is 16.0 Å². The Kier molecular flexibility index (Phi) is 3.57. The Labute approximate surface area is 126 Å². The molecule has 0 amide bonds. The second kappa shape index (κ2) is 5.26. The first-order valence-corrected chi connectivity index (χ1v) is 7.45. The number of hydrogen-bond donors (Lipinski definition) is 3. The van der Waals surface area contributed by atoms with Gasteiger partial charge in [-0.05, 0) is 37.8 Å². The molecule has 0 saturated heterocycles. The summed E-state index contributed by atoms with van der Waals surface area (Å²) in [6, 6.07) is 19.4. The summed E-state index contributed by atoms with van der Waals surface area (Å²) in [6.45, 7) is 0. The van der Waals surface area contributed by atoms with Crippen molar-refractivity contribution in [2.75, 3.05) is 21.1 Å². The summed E-state index contributed by atoms with van der Waals surface area (Å²) in [6.07, 6.45) is 0.923. The summed E-state index contributed by atoms with van der Waals surface area (Å²) in [4.78, 5) is 0. The Balaban J connectivity index is 2.25. The fourth-order valence-electron chi connectivity index (χ4n) is 3.73. The molecule has 1 atom stereocenters. The van der Waals surface area contributed by atoms with Gasteiger partial charge in [-0.25, -0.2) is 0 Å². The zero-order valence-electron chi connectivity index (χ0n) is 12.9. The summed E-state index contributed by atoms with van der Waals surface area (Å²) < 4.78 is 0. The van der Waals surface area contributed by atoms with E-state index in [0.717, 1.165) is 6.42 Å². The van der Waals surface area contributed by atoms with Crippen molar-refractivity contribution in [3.63, 3.8) is 0 Å². The molecule has 0 fully saturated rings. The van der Waals surface area contributed by atoms with Crippen molar-refractivity contribution in [2.24, 2.45) is 0 Å². The van der Waals surface area contributed by atoms with Crippen molar-refractivity contribution in [3.8, 4) is 0 Å². The SMILES string of the molecule is CNC1(NC)CC(NC)(c2ccccc2)c2ccccc21. The van der Waals surface area contributed by atoms with Gasteiger partial charge in [0.1, 0.15) is 0 Å². The summed E-state index contributed by atoms with van der Waals surface area (Å²) in [5.74, 6) is 0. The highest BCUT2D eigenvalue weighted by Gasteiger charge is 2.51. The molecule has 3 rings (SSSR count). The van der Waals surface area contributed by atoms with Gasteiger partial charge in [-0.2, -0.15) is 0 Å². The maximum Gasteiger partial charge on any atom is 0.0973 e. The van der Waals surface area contributed by atoms with E-state index >= 15 is 0 Å². The van der Waals surface area contributed by atoms with Gasteiger partial charge in [0, 0.05) is 6.42 Å². The summed E-state index contributed by atoms with van der Waals surface area (Å²) in [5, 5.41) is 10.6. The molecule has 0 heterocycles. The first-order valence-electron chi connectivity index (χ1n) is 7.45. The third-order valence-corrected chi connectivity index (χ3v) is 4.92. The zero-order valence-corrected chi connectivity index (χ0v) is 12.9. The van der Waals surface area contributed by atoms with Crippen molar-refractivity contribution in [1.29, 1.82) is 0 Å². The second-order valence-electron chi connectivity index (χ2n) is 5.65. The van der Waals surface area contributed by atoms with E-state index < -0.39 is 0 Å². The number of nitrogens with one attached hydrogen (secondary N) is 3. The Morgan fingerprint density at radius 1 is 0.714 bits per heavy atom. The summed E-state index contributed by atoms with van der Waals surface area (Å²) in [7, 11) is 6.08. The van der Waals surface area contributed by atoms with Crippen LogP contribution in [0.1, 0.15) is 23.1 Å². The van der Waals surface area contributed by atoms with E-state index in [-0.39, 0.29) is 11.2 Å². The van der Waals surface area contributed by atoms with Crippen LogP contribution in [0.15, 0.2) is 54.6 Å². The van der Waals surface area contributed by atoms with Gasteiger partial charge < -0.3 is 5.32 Å². The maximum absolute atomic E-state index is 3.59. The van der Waals surface area contributed by atoms with Gasteiger partial charge in [-0.15, -0.1) is 0 Å². The molecule has 1 aliphatic rings. The molecule has 3 heteroatoms. The third kappa shape index (κ3) is 1.93. The highest BCUT2D eigenvalue weighted by atomic mass is 15.2. The van der Waals surface area contributed by atoms with Gasteiger partial charge in [0.2, 0.25) is 0 Å². The standard InChI is InChI=1S/C18H23N3/c1-19-17(14-9-5-4-6-10-14)13-18(20-2,21-3)16-12-8-7-11-15(16)17/h4-12,19-21H,13H2,1-3H3. The van der Waals surface area contributed by atoms with E-state index in [0.29, 0.717) is 0 Å². The lowest BCUT2D eigenvalue weighted by molar-refractivity contribution is 0.245. The molecule has 0 aliphatic heterocycles. The molecule has 21 heavy (non-hydrogen) atoms. The molecule has 110 valence electrons. The van der Waals surface area contributed by atoms with Crippen LogP contribution in [-0.4, -0.2) is 21.1 Å². The summed E-state index contributed by atoms with van der Waals surface area (Å²) >= 11 is 0. The van der Waals surface area contributed by atoms with Gasteiger partial charge in [0.25, 0.3) is 0 Å². The molecular weight excluding hydrogens is 258 g/mol. The predicted octanol–water partition coefficient (Wildman–Crippen LogP) is 2.14. The first kappa shape index (κ1) is 14.3. The third-order valence-electron chi connectivity index (χ3n) is 4.92. The van der Waals surface area contributed by atoms with Crippen LogP contribution in [0.2, 0.25) is 0 Å². The van der Waals surface area contributed by atoms with Crippen molar-refractivity contribution in [3.05, 3.63) is 71.3 Å². The molecule has 3 N–H and O–H groups in total. The van der Waals surface area contributed by atoms with Crippen molar-refractivity contribution < 1.29 is 0 Å². The van der Waals surface area contributed by atoms with E-state index in [1.807, 2.05) is 21.1 Å². The average Bonchev–Trinajstić information content (AvgIpc) is 2.88. The van der Waals surface area contributed by atoms with Gasteiger partial charge in [-0.3, -0.25) is 10.6 Å². The highest BCUT2D eigenvalue weighted by molar-refractivity contribution is 5.51. The van der Waals surface area contributed by atoms with Crippen LogP contribution in [0.25, 0.3) is 0 Å².